The molecule has 2 heterocycles. The minimum Gasteiger partial charge on any atom is -0.357 e. The van der Waals surface area contributed by atoms with Gasteiger partial charge in [-0.2, -0.15) is 8.42 Å². The molecule has 0 bridgehead atoms. The predicted molar refractivity (Wildman–Crippen MR) is 119 cm³/mol. The number of thiol groups is 1. The minimum absolute atomic E-state index is 0.0162. The molecule has 0 amide bonds. The number of nitrogens with zero attached hydrogens (tertiary/aromatic N) is 2. The molecule has 1 aliphatic rings. The van der Waals surface area contributed by atoms with E-state index in [1.54, 1.807) is 24.4 Å². The van der Waals surface area contributed by atoms with Crippen LogP contribution in [0.2, 0.25) is 0 Å². The second-order valence-electron chi connectivity index (χ2n) is 7.45. The van der Waals surface area contributed by atoms with Crippen LogP contribution in [0.4, 0.5) is 0 Å². The lowest BCUT2D eigenvalue weighted by Gasteiger charge is -2.14. The van der Waals surface area contributed by atoms with Gasteiger partial charge in [0.1, 0.15) is 4.90 Å². The van der Waals surface area contributed by atoms with Gasteiger partial charge in [-0.15, -0.1) is 12.6 Å². The van der Waals surface area contributed by atoms with Crippen molar-refractivity contribution < 1.29 is 17.4 Å². The Labute approximate surface area is 184 Å². The number of pyridine rings is 2. The van der Waals surface area contributed by atoms with Crippen LogP contribution < -0.4 is 4.18 Å². The number of aromatic nitrogens is 2. The van der Waals surface area contributed by atoms with E-state index in [9.17, 15) is 13.2 Å². The molecule has 1 aliphatic carbocycles. The van der Waals surface area contributed by atoms with Crippen LogP contribution in [0.25, 0.3) is 22.0 Å². The molecule has 154 valence electrons. The quantitative estimate of drug-likeness (QED) is 0.323. The van der Waals surface area contributed by atoms with Gasteiger partial charge in [-0.05, 0) is 55.3 Å². The predicted octanol–water partition coefficient (Wildman–Crippen LogP) is 4.51. The van der Waals surface area contributed by atoms with Crippen molar-refractivity contribution in [3.8, 4) is 17.0 Å². The van der Waals surface area contributed by atoms with E-state index in [-0.39, 0.29) is 22.1 Å². The fourth-order valence-electron chi connectivity index (χ4n) is 3.82. The first kappa shape index (κ1) is 19.7. The average molecular weight is 449 g/mol. The van der Waals surface area contributed by atoms with E-state index < -0.39 is 10.1 Å². The Bertz CT molecular complexity index is 1510. The summed E-state index contributed by atoms with van der Waals surface area (Å²) in [4.78, 5) is 22.3. The highest BCUT2D eigenvalue weighted by atomic mass is 32.2. The number of carbonyl (C=O) groups excluding carboxylic acids is 1. The highest BCUT2D eigenvalue weighted by molar-refractivity contribution is 7.87. The average Bonchev–Trinajstić information content (AvgIpc) is 3.01. The van der Waals surface area contributed by atoms with Crippen LogP contribution in [0, 0.1) is 13.8 Å². The molecule has 6 nitrogen and oxygen atoms in total. The zero-order chi connectivity index (χ0) is 21.9. The van der Waals surface area contributed by atoms with Gasteiger partial charge in [0.15, 0.2) is 0 Å². The molecule has 5 rings (SSSR count). The first-order chi connectivity index (χ1) is 14.8. The number of ketones is 1. The lowest BCUT2D eigenvalue weighted by Crippen LogP contribution is -2.13. The number of benzene rings is 2. The van der Waals surface area contributed by atoms with Gasteiger partial charge < -0.3 is 4.18 Å². The van der Waals surface area contributed by atoms with Crippen LogP contribution in [0.1, 0.15) is 27.0 Å². The number of hydrogen-bond acceptors (Lipinski definition) is 7. The first-order valence-corrected chi connectivity index (χ1v) is 11.3. The smallest absolute Gasteiger partial charge is 0.340 e. The highest BCUT2D eigenvalue weighted by Gasteiger charge is 2.35. The standard InChI is InChI=1S/C23H16N2O4S2/c1-12-3-5-14(6-4-12)31(27,28)29-23-21-19(15-7-8-24-11-16(15)22(21)26)20-17(25-23)9-13(2)10-18(20)30/h3-11,30H,1-2H3. The molecule has 0 radical (unpaired) electrons. The molecule has 31 heavy (non-hydrogen) atoms. The topological polar surface area (TPSA) is 86.2 Å². The van der Waals surface area contributed by atoms with Gasteiger partial charge in [-0.1, -0.05) is 17.7 Å². The molecular weight excluding hydrogens is 432 g/mol. The lowest BCUT2D eigenvalue weighted by molar-refractivity contribution is 0.104. The largest absolute Gasteiger partial charge is 0.357 e. The van der Waals surface area contributed by atoms with E-state index in [1.807, 2.05) is 26.0 Å². The maximum absolute atomic E-state index is 13.2. The molecule has 2 aromatic heterocycles. The second-order valence-corrected chi connectivity index (χ2v) is 9.47. The maximum Gasteiger partial charge on any atom is 0.340 e. The normalized spacial score (nSPS) is 12.7. The van der Waals surface area contributed by atoms with Gasteiger partial charge in [-0.25, -0.2) is 4.98 Å². The van der Waals surface area contributed by atoms with Crippen LogP contribution >= 0.6 is 12.6 Å². The van der Waals surface area contributed by atoms with E-state index in [1.165, 1.54) is 18.3 Å². The third-order valence-corrected chi connectivity index (χ3v) is 6.82. The van der Waals surface area contributed by atoms with Crippen molar-refractivity contribution in [2.75, 3.05) is 0 Å². The lowest BCUT2D eigenvalue weighted by atomic mass is 10.0. The van der Waals surface area contributed by atoms with Gasteiger partial charge in [-0.3, -0.25) is 9.78 Å². The Morgan fingerprint density at radius 1 is 0.935 bits per heavy atom. The summed E-state index contributed by atoms with van der Waals surface area (Å²) in [5.41, 5.74) is 4.00. The van der Waals surface area contributed by atoms with Crippen molar-refractivity contribution >= 4 is 39.4 Å². The third-order valence-electron chi connectivity index (χ3n) is 5.24. The summed E-state index contributed by atoms with van der Waals surface area (Å²) in [6.45, 7) is 3.75. The second kappa shape index (κ2) is 6.90. The van der Waals surface area contributed by atoms with E-state index in [0.29, 0.717) is 32.5 Å². The summed E-state index contributed by atoms with van der Waals surface area (Å²) < 4.78 is 31.4. The van der Waals surface area contributed by atoms with Gasteiger partial charge in [0, 0.05) is 33.8 Å². The van der Waals surface area contributed by atoms with Gasteiger partial charge in [0.05, 0.1) is 11.1 Å². The summed E-state index contributed by atoms with van der Waals surface area (Å²) in [5.74, 6) is -0.627. The van der Waals surface area contributed by atoms with Crippen molar-refractivity contribution in [3.05, 3.63) is 77.1 Å². The van der Waals surface area contributed by atoms with Crippen LogP contribution in [0.5, 0.6) is 5.88 Å². The molecule has 0 aliphatic heterocycles. The molecule has 0 fully saturated rings. The number of aryl methyl sites for hydroxylation is 2. The molecule has 0 atom stereocenters. The van der Waals surface area contributed by atoms with Crippen LogP contribution in [-0.4, -0.2) is 24.2 Å². The van der Waals surface area contributed by atoms with Crippen LogP contribution in [-0.2, 0) is 10.1 Å². The monoisotopic (exact) mass is 448 g/mol. The number of carbonyl (C=O) groups is 1. The van der Waals surface area contributed by atoms with Crippen molar-refractivity contribution in [3.63, 3.8) is 0 Å². The summed E-state index contributed by atoms with van der Waals surface area (Å²) in [7, 11) is -4.20. The Hall–Kier alpha value is -3.23. The molecule has 8 heteroatoms. The molecule has 0 unspecified atom stereocenters. The maximum atomic E-state index is 13.2. The fourth-order valence-corrected chi connectivity index (χ4v) is 5.14. The van der Waals surface area contributed by atoms with E-state index >= 15 is 0 Å². The molecular formula is C23H16N2O4S2. The van der Waals surface area contributed by atoms with E-state index in [4.69, 9.17) is 4.18 Å². The first-order valence-electron chi connectivity index (χ1n) is 9.44. The summed E-state index contributed by atoms with van der Waals surface area (Å²) in [6, 6.07) is 11.7. The Kier molecular flexibility index (Phi) is 4.39. The van der Waals surface area contributed by atoms with Crippen molar-refractivity contribution in [1.29, 1.82) is 0 Å². The highest BCUT2D eigenvalue weighted by Crippen LogP contribution is 2.46. The van der Waals surface area contributed by atoms with Gasteiger partial charge >= 0.3 is 10.1 Å². The zero-order valence-electron chi connectivity index (χ0n) is 16.6. The zero-order valence-corrected chi connectivity index (χ0v) is 18.3. The molecule has 0 N–H and O–H groups in total. The van der Waals surface area contributed by atoms with E-state index in [2.05, 4.69) is 22.6 Å². The van der Waals surface area contributed by atoms with Gasteiger partial charge in [0.25, 0.3) is 0 Å². The third kappa shape index (κ3) is 3.10. The van der Waals surface area contributed by atoms with Crippen molar-refractivity contribution in [1.82, 2.24) is 9.97 Å². The Balaban J connectivity index is 1.79. The number of rotatable bonds is 3. The number of fused-ring (bicyclic) bond motifs is 5. The van der Waals surface area contributed by atoms with Crippen molar-refractivity contribution in [2.45, 2.75) is 23.6 Å². The molecule has 0 saturated carbocycles. The number of hydrogen-bond donors (Lipinski definition) is 1. The summed E-state index contributed by atoms with van der Waals surface area (Å²) in [6.07, 6.45) is 3.05. The fraction of sp³-hybridized carbons (Fsp3) is 0.0870. The van der Waals surface area contributed by atoms with Crippen molar-refractivity contribution in [2.24, 2.45) is 0 Å². The van der Waals surface area contributed by atoms with E-state index in [0.717, 1.165) is 11.1 Å². The molecule has 0 saturated heterocycles. The Morgan fingerprint density at radius 3 is 2.42 bits per heavy atom. The Morgan fingerprint density at radius 2 is 1.68 bits per heavy atom. The molecule has 4 aromatic rings. The van der Waals surface area contributed by atoms with Crippen LogP contribution in [0.15, 0.2) is 64.6 Å². The SMILES string of the molecule is Cc1ccc(S(=O)(=O)Oc2nc3cc(C)cc(S)c3c3c2C(=O)c2cnccc2-3)cc1. The van der Waals surface area contributed by atoms with Crippen LogP contribution in [0.3, 0.4) is 0 Å². The molecule has 2 aromatic carbocycles. The minimum atomic E-state index is -4.20. The van der Waals surface area contributed by atoms with Gasteiger partial charge in [0.2, 0.25) is 11.7 Å². The molecule has 0 spiro atoms. The summed E-state index contributed by atoms with van der Waals surface area (Å²) >= 11 is 4.60. The summed E-state index contributed by atoms with van der Waals surface area (Å²) in [5, 5.41) is 0.669.